The number of hydrogen-bond acceptors (Lipinski definition) is 4. The van der Waals surface area contributed by atoms with Crippen LogP contribution in [0.2, 0.25) is 0 Å². The van der Waals surface area contributed by atoms with Crippen LogP contribution in [-0.4, -0.2) is 28.8 Å². The van der Waals surface area contributed by atoms with E-state index in [9.17, 15) is 9.90 Å². The zero-order valence-electron chi connectivity index (χ0n) is 11.2. The molecule has 5 heteroatoms. The van der Waals surface area contributed by atoms with Crippen LogP contribution in [0, 0.1) is 12.8 Å². The number of carboxylic acid groups (broad SMARTS) is 1. The molecule has 106 valence electrons. The van der Waals surface area contributed by atoms with Gasteiger partial charge in [0.1, 0.15) is 5.76 Å². The molecule has 1 aromatic rings. The van der Waals surface area contributed by atoms with Gasteiger partial charge in [0.25, 0.3) is 0 Å². The molecule has 1 saturated carbocycles. The number of nitrogens with one attached hydrogen (secondary N) is 1. The zero-order chi connectivity index (χ0) is 13.8. The van der Waals surface area contributed by atoms with Crippen molar-refractivity contribution in [3.05, 3.63) is 23.2 Å². The normalized spacial score (nSPS) is 23.5. The number of carbonyl (C=O) groups is 1. The monoisotopic (exact) mass is 267 g/mol. The van der Waals surface area contributed by atoms with E-state index in [-0.39, 0.29) is 18.4 Å². The number of rotatable bonds is 5. The molecule has 1 aromatic heterocycles. The summed E-state index contributed by atoms with van der Waals surface area (Å²) in [5, 5.41) is 21.6. The molecule has 0 spiro atoms. The lowest BCUT2D eigenvalue weighted by Crippen LogP contribution is -2.39. The highest BCUT2D eigenvalue weighted by molar-refractivity contribution is 5.86. The minimum absolute atomic E-state index is 0.0131. The summed E-state index contributed by atoms with van der Waals surface area (Å²) < 4.78 is 5.31. The fourth-order valence-electron chi connectivity index (χ4n) is 2.77. The van der Waals surface area contributed by atoms with Crippen LogP contribution in [0.25, 0.3) is 0 Å². The molecule has 0 amide bonds. The van der Waals surface area contributed by atoms with Gasteiger partial charge in [0, 0.05) is 18.2 Å². The van der Waals surface area contributed by atoms with Gasteiger partial charge >= 0.3 is 5.97 Å². The second kappa shape index (κ2) is 6.21. The Morgan fingerprint density at radius 1 is 1.47 bits per heavy atom. The van der Waals surface area contributed by atoms with Crippen LogP contribution in [0.5, 0.6) is 0 Å². The van der Waals surface area contributed by atoms with Gasteiger partial charge in [-0.25, -0.2) is 4.79 Å². The molecule has 5 nitrogen and oxygen atoms in total. The quantitative estimate of drug-likeness (QED) is 0.759. The molecular formula is C14H21NO4. The Balaban J connectivity index is 1.94. The van der Waals surface area contributed by atoms with E-state index in [1.165, 1.54) is 12.8 Å². The average Bonchev–Trinajstić information content (AvgIpc) is 2.78. The minimum atomic E-state index is -1.03. The summed E-state index contributed by atoms with van der Waals surface area (Å²) in [5.74, 6) is -0.0882. The Kier molecular flexibility index (Phi) is 4.61. The van der Waals surface area contributed by atoms with E-state index in [1.54, 1.807) is 13.0 Å². The number of aryl methyl sites for hydroxylation is 1. The highest BCUT2D eigenvalue weighted by atomic mass is 16.4. The first-order valence-corrected chi connectivity index (χ1v) is 6.78. The van der Waals surface area contributed by atoms with Crippen molar-refractivity contribution in [1.29, 1.82) is 0 Å². The fraction of sp³-hybridized carbons (Fsp3) is 0.643. The molecule has 1 aliphatic carbocycles. The van der Waals surface area contributed by atoms with Gasteiger partial charge in [-0.15, -0.1) is 0 Å². The molecule has 0 bridgehead atoms. The largest absolute Gasteiger partial charge is 0.475 e. The number of aromatic carboxylic acids is 1. The van der Waals surface area contributed by atoms with Crippen molar-refractivity contribution in [3.8, 4) is 0 Å². The first kappa shape index (κ1) is 14.1. The van der Waals surface area contributed by atoms with Gasteiger partial charge in [-0.05, 0) is 31.7 Å². The maximum atomic E-state index is 10.9. The third-order valence-electron chi connectivity index (χ3n) is 3.85. The number of aliphatic hydroxyl groups excluding tert-OH is 1. The van der Waals surface area contributed by atoms with Gasteiger partial charge in [-0.2, -0.15) is 0 Å². The van der Waals surface area contributed by atoms with E-state index in [4.69, 9.17) is 9.52 Å². The van der Waals surface area contributed by atoms with Crippen molar-refractivity contribution in [3.63, 3.8) is 0 Å². The van der Waals surface area contributed by atoms with Crippen LogP contribution in [-0.2, 0) is 6.54 Å². The Labute approximate surface area is 112 Å². The average molecular weight is 267 g/mol. The smallest absolute Gasteiger partial charge is 0.372 e. The van der Waals surface area contributed by atoms with Crippen molar-refractivity contribution in [1.82, 2.24) is 5.32 Å². The molecule has 2 atom stereocenters. The lowest BCUT2D eigenvalue weighted by molar-refractivity contribution is 0.0658. The summed E-state index contributed by atoms with van der Waals surface area (Å²) in [7, 11) is 0. The predicted octanol–water partition coefficient (Wildman–Crippen LogP) is 1.93. The third kappa shape index (κ3) is 3.36. The lowest BCUT2D eigenvalue weighted by Gasteiger charge is -2.30. The molecule has 0 aromatic carbocycles. The highest BCUT2D eigenvalue weighted by Gasteiger charge is 2.24. The SMILES string of the molecule is Cc1cc(CNC2CCCCC2CO)oc1C(=O)O. The Hall–Kier alpha value is -1.33. The van der Waals surface area contributed by atoms with E-state index in [2.05, 4.69) is 5.32 Å². The molecule has 19 heavy (non-hydrogen) atoms. The molecule has 1 heterocycles. The van der Waals surface area contributed by atoms with Crippen LogP contribution in [0.15, 0.2) is 10.5 Å². The maximum Gasteiger partial charge on any atom is 0.372 e. The molecule has 2 unspecified atom stereocenters. The van der Waals surface area contributed by atoms with Crippen LogP contribution < -0.4 is 5.32 Å². The Morgan fingerprint density at radius 3 is 2.84 bits per heavy atom. The lowest BCUT2D eigenvalue weighted by atomic mass is 9.85. The van der Waals surface area contributed by atoms with Gasteiger partial charge in [-0.3, -0.25) is 0 Å². The van der Waals surface area contributed by atoms with E-state index < -0.39 is 5.97 Å². The second-order valence-corrected chi connectivity index (χ2v) is 5.24. The molecule has 2 rings (SSSR count). The molecule has 0 aliphatic heterocycles. The van der Waals surface area contributed by atoms with Gasteiger partial charge in [0.05, 0.1) is 6.54 Å². The molecule has 1 fully saturated rings. The molecule has 3 N–H and O–H groups in total. The van der Waals surface area contributed by atoms with Crippen LogP contribution >= 0.6 is 0 Å². The number of hydrogen-bond donors (Lipinski definition) is 3. The van der Waals surface area contributed by atoms with Crippen molar-refractivity contribution >= 4 is 5.97 Å². The van der Waals surface area contributed by atoms with Crippen molar-refractivity contribution in [2.24, 2.45) is 5.92 Å². The Morgan fingerprint density at radius 2 is 2.21 bits per heavy atom. The van der Waals surface area contributed by atoms with Crippen molar-refractivity contribution in [2.45, 2.75) is 45.2 Å². The van der Waals surface area contributed by atoms with Gasteiger partial charge < -0.3 is 19.9 Å². The van der Waals surface area contributed by atoms with E-state index in [1.807, 2.05) is 0 Å². The van der Waals surface area contributed by atoms with Crippen LogP contribution in [0.4, 0.5) is 0 Å². The summed E-state index contributed by atoms with van der Waals surface area (Å²) in [5.41, 5.74) is 0.645. The topological polar surface area (TPSA) is 82.7 Å². The molecular weight excluding hydrogens is 246 g/mol. The van der Waals surface area contributed by atoms with E-state index >= 15 is 0 Å². The molecule has 0 radical (unpaired) electrons. The van der Waals surface area contributed by atoms with E-state index in [0.29, 0.717) is 23.8 Å². The number of carboxylic acids is 1. The predicted molar refractivity (Wildman–Crippen MR) is 70.1 cm³/mol. The summed E-state index contributed by atoms with van der Waals surface area (Å²) in [4.78, 5) is 10.9. The van der Waals surface area contributed by atoms with Crippen molar-refractivity contribution < 1.29 is 19.4 Å². The number of aliphatic hydroxyl groups is 1. The van der Waals surface area contributed by atoms with Gasteiger partial charge in [0.2, 0.25) is 5.76 Å². The summed E-state index contributed by atoms with van der Waals surface area (Å²) in [6.07, 6.45) is 4.45. The summed E-state index contributed by atoms with van der Waals surface area (Å²) in [6.45, 7) is 2.44. The molecule has 0 saturated heterocycles. The maximum absolute atomic E-state index is 10.9. The highest BCUT2D eigenvalue weighted by Crippen LogP contribution is 2.24. The molecule has 1 aliphatic rings. The van der Waals surface area contributed by atoms with E-state index in [0.717, 1.165) is 12.8 Å². The minimum Gasteiger partial charge on any atom is -0.475 e. The second-order valence-electron chi connectivity index (χ2n) is 5.24. The van der Waals surface area contributed by atoms with Crippen LogP contribution in [0.1, 0.15) is 47.6 Å². The van der Waals surface area contributed by atoms with Gasteiger partial charge in [-0.1, -0.05) is 12.8 Å². The third-order valence-corrected chi connectivity index (χ3v) is 3.85. The standard InChI is InChI=1S/C14H21NO4/c1-9-6-11(19-13(9)14(17)18)7-15-12-5-3-2-4-10(12)8-16/h6,10,12,15-16H,2-5,7-8H2,1H3,(H,17,18). The number of furan rings is 1. The fourth-order valence-corrected chi connectivity index (χ4v) is 2.77. The first-order chi connectivity index (χ1) is 9.11. The van der Waals surface area contributed by atoms with Crippen LogP contribution in [0.3, 0.4) is 0 Å². The summed E-state index contributed by atoms with van der Waals surface area (Å²) >= 11 is 0. The van der Waals surface area contributed by atoms with Crippen molar-refractivity contribution in [2.75, 3.05) is 6.61 Å². The van der Waals surface area contributed by atoms with Gasteiger partial charge in [0.15, 0.2) is 0 Å². The summed E-state index contributed by atoms with van der Waals surface area (Å²) in [6, 6.07) is 2.05. The zero-order valence-corrected chi connectivity index (χ0v) is 11.2. The Bertz CT molecular complexity index is 441. The first-order valence-electron chi connectivity index (χ1n) is 6.78.